The van der Waals surface area contributed by atoms with Crippen molar-refractivity contribution in [3.8, 4) is 23.0 Å². The van der Waals surface area contributed by atoms with E-state index in [-0.39, 0.29) is 11.5 Å². The molecule has 158 valence electrons. The minimum absolute atomic E-state index is 0.147. The smallest absolute Gasteiger partial charge is 0.160 e. The molecule has 2 rings (SSSR count). The van der Waals surface area contributed by atoms with Crippen LogP contribution in [0, 0.1) is 0 Å². The predicted molar refractivity (Wildman–Crippen MR) is 116 cm³/mol. The van der Waals surface area contributed by atoms with Crippen LogP contribution in [-0.4, -0.2) is 49.0 Å². The summed E-state index contributed by atoms with van der Waals surface area (Å²) in [5.41, 5.74) is 3.42. The molecule has 0 saturated carbocycles. The Hall–Kier alpha value is -2.70. The monoisotopic (exact) mass is 400 g/mol. The number of allylic oxidation sites excluding steroid dienone is 1. The maximum atomic E-state index is 9.80. The average molecular weight is 401 g/mol. The van der Waals surface area contributed by atoms with E-state index in [9.17, 15) is 10.2 Å². The van der Waals surface area contributed by atoms with Gasteiger partial charge in [0, 0.05) is 32.7 Å². The topological polar surface area (TPSA) is 74.2 Å². The van der Waals surface area contributed by atoms with Crippen LogP contribution in [-0.2, 0) is 13.1 Å². The second-order valence-corrected chi connectivity index (χ2v) is 7.21. The Morgan fingerprint density at radius 1 is 0.966 bits per heavy atom. The zero-order valence-corrected chi connectivity index (χ0v) is 17.7. The molecule has 0 unspecified atom stereocenters. The number of methoxy groups -OCH3 is 2. The van der Waals surface area contributed by atoms with E-state index in [4.69, 9.17) is 9.47 Å². The summed E-state index contributed by atoms with van der Waals surface area (Å²) in [6.45, 7) is 8.17. The minimum Gasteiger partial charge on any atom is -0.504 e. The SMILES string of the molecule is COc1cc(CNCCN(CC=C(C)C)Cc2ccc(O)c(OC)c2)ccc1O. The zero-order valence-electron chi connectivity index (χ0n) is 17.7. The molecule has 3 N–H and O–H groups in total. The first-order valence-corrected chi connectivity index (χ1v) is 9.71. The van der Waals surface area contributed by atoms with Gasteiger partial charge in [-0.2, -0.15) is 0 Å². The third-order valence-corrected chi connectivity index (χ3v) is 4.59. The number of nitrogens with zero attached hydrogens (tertiary/aromatic N) is 1. The summed E-state index contributed by atoms with van der Waals surface area (Å²) in [6, 6.07) is 10.8. The molecule has 6 heteroatoms. The van der Waals surface area contributed by atoms with E-state index < -0.39 is 0 Å². The largest absolute Gasteiger partial charge is 0.504 e. The van der Waals surface area contributed by atoms with Gasteiger partial charge in [-0.3, -0.25) is 4.90 Å². The molecule has 0 saturated heterocycles. The van der Waals surface area contributed by atoms with Crippen LogP contribution < -0.4 is 14.8 Å². The van der Waals surface area contributed by atoms with Gasteiger partial charge < -0.3 is 25.0 Å². The lowest BCUT2D eigenvalue weighted by molar-refractivity contribution is 0.291. The Morgan fingerprint density at radius 2 is 1.55 bits per heavy atom. The van der Waals surface area contributed by atoms with Crippen molar-refractivity contribution in [2.45, 2.75) is 26.9 Å². The van der Waals surface area contributed by atoms with E-state index in [0.29, 0.717) is 18.0 Å². The van der Waals surface area contributed by atoms with Crippen molar-refractivity contribution in [3.05, 3.63) is 59.2 Å². The molecule has 0 heterocycles. The lowest BCUT2D eigenvalue weighted by atomic mass is 10.1. The van der Waals surface area contributed by atoms with E-state index in [1.165, 1.54) is 5.57 Å². The fourth-order valence-electron chi connectivity index (χ4n) is 2.93. The highest BCUT2D eigenvalue weighted by atomic mass is 16.5. The number of nitrogens with one attached hydrogen (secondary N) is 1. The van der Waals surface area contributed by atoms with Gasteiger partial charge in [-0.15, -0.1) is 0 Å². The van der Waals surface area contributed by atoms with Crippen LogP contribution >= 0.6 is 0 Å². The molecule has 0 aromatic heterocycles. The standard InChI is InChI=1S/C23H32N2O4/c1-17(2)9-11-25(16-19-6-8-21(27)23(14-19)29-4)12-10-24-15-18-5-7-20(26)22(13-18)28-3/h5-9,13-14,24,26-27H,10-12,15-16H2,1-4H3. The van der Waals surface area contributed by atoms with Crippen LogP contribution in [0.1, 0.15) is 25.0 Å². The van der Waals surface area contributed by atoms with Crippen molar-refractivity contribution in [2.75, 3.05) is 33.9 Å². The molecule has 0 bridgehead atoms. The van der Waals surface area contributed by atoms with E-state index >= 15 is 0 Å². The second kappa shape index (κ2) is 11.3. The van der Waals surface area contributed by atoms with Gasteiger partial charge in [-0.05, 0) is 49.2 Å². The van der Waals surface area contributed by atoms with Gasteiger partial charge in [0.15, 0.2) is 23.0 Å². The van der Waals surface area contributed by atoms with Crippen LogP contribution in [0.4, 0.5) is 0 Å². The number of ether oxygens (including phenoxy) is 2. The molecule has 0 fully saturated rings. The normalized spacial score (nSPS) is 10.8. The molecule has 0 atom stereocenters. The molecule has 6 nitrogen and oxygen atoms in total. The Kier molecular flexibility index (Phi) is 8.83. The van der Waals surface area contributed by atoms with Gasteiger partial charge in [0.05, 0.1) is 14.2 Å². The van der Waals surface area contributed by atoms with Crippen molar-refractivity contribution in [3.63, 3.8) is 0 Å². The van der Waals surface area contributed by atoms with Crippen molar-refractivity contribution in [2.24, 2.45) is 0 Å². The van der Waals surface area contributed by atoms with E-state index in [2.05, 4.69) is 30.1 Å². The summed E-state index contributed by atoms with van der Waals surface area (Å²) in [6.07, 6.45) is 2.21. The van der Waals surface area contributed by atoms with Crippen LogP contribution in [0.2, 0.25) is 0 Å². The Balaban J connectivity index is 1.93. The first-order valence-electron chi connectivity index (χ1n) is 9.71. The number of aromatic hydroxyl groups is 2. The van der Waals surface area contributed by atoms with Gasteiger partial charge in [-0.25, -0.2) is 0 Å². The van der Waals surface area contributed by atoms with Gasteiger partial charge in [0.1, 0.15) is 0 Å². The highest BCUT2D eigenvalue weighted by Crippen LogP contribution is 2.27. The molecule has 2 aromatic rings. The molecule has 0 aliphatic carbocycles. The Morgan fingerprint density at radius 3 is 2.14 bits per heavy atom. The quantitative estimate of drug-likeness (QED) is 0.395. The second-order valence-electron chi connectivity index (χ2n) is 7.21. The van der Waals surface area contributed by atoms with Crippen molar-refractivity contribution >= 4 is 0 Å². The molecule has 0 radical (unpaired) electrons. The van der Waals surface area contributed by atoms with E-state index in [0.717, 1.165) is 37.3 Å². The number of rotatable bonds is 11. The summed E-state index contributed by atoms with van der Waals surface area (Å²) in [5, 5.41) is 22.9. The fraction of sp³-hybridized carbons (Fsp3) is 0.391. The lowest BCUT2D eigenvalue weighted by Gasteiger charge is -2.22. The Bertz CT molecular complexity index is 817. The molecule has 0 aliphatic rings. The summed E-state index contributed by atoms with van der Waals surface area (Å²) in [4.78, 5) is 2.34. The maximum Gasteiger partial charge on any atom is 0.160 e. The van der Waals surface area contributed by atoms with Gasteiger partial charge in [0.2, 0.25) is 0 Å². The fourth-order valence-corrected chi connectivity index (χ4v) is 2.93. The highest BCUT2D eigenvalue weighted by molar-refractivity contribution is 5.42. The third-order valence-electron chi connectivity index (χ3n) is 4.59. The molecule has 2 aromatic carbocycles. The molecule has 0 spiro atoms. The van der Waals surface area contributed by atoms with Gasteiger partial charge >= 0.3 is 0 Å². The summed E-state index contributed by atoms with van der Waals surface area (Å²) >= 11 is 0. The minimum atomic E-state index is 0.147. The van der Waals surface area contributed by atoms with E-state index in [1.807, 2.05) is 24.3 Å². The molecule has 0 aliphatic heterocycles. The summed E-state index contributed by atoms with van der Waals surface area (Å²) in [7, 11) is 3.10. The summed E-state index contributed by atoms with van der Waals surface area (Å²) in [5.74, 6) is 1.27. The highest BCUT2D eigenvalue weighted by Gasteiger charge is 2.08. The first-order chi connectivity index (χ1) is 13.9. The van der Waals surface area contributed by atoms with Crippen molar-refractivity contribution < 1.29 is 19.7 Å². The first kappa shape index (κ1) is 22.6. The third kappa shape index (κ3) is 7.33. The average Bonchev–Trinajstić information content (AvgIpc) is 2.71. The zero-order chi connectivity index (χ0) is 21.2. The number of phenols is 2. The number of benzene rings is 2. The maximum absolute atomic E-state index is 9.80. The molecular formula is C23H32N2O4. The van der Waals surface area contributed by atoms with Crippen molar-refractivity contribution in [1.29, 1.82) is 0 Å². The van der Waals surface area contributed by atoms with Crippen LogP contribution in [0.5, 0.6) is 23.0 Å². The van der Waals surface area contributed by atoms with Gasteiger partial charge in [0.25, 0.3) is 0 Å². The summed E-state index contributed by atoms with van der Waals surface area (Å²) < 4.78 is 10.4. The number of hydrogen-bond acceptors (Lipinski definition) is 6. The number of phenolic OH excluding ortho intramolecular Hbond substituents is 2. The number of hydrogen-bond donors (Lipinski definition) is 3. The van der Waals surface area contributed by atoms with Crippen LogP contribution in [0.25, 0.3) is 0 Å². The molecule has 29 heavy (non-hydrogen) atoms. The van der Waals surface area contributed by atoms with Crippen LogP contribution in [0.3, 0.4) is 0 Å². The predicted octanol–water partition coefficient (Wildman–Crippen LogP) is 3.67. The molecular weight excluding hydrogens is 368 g/mol. The van der Waals surface area contributed by atoms with E-state index in [1.54, 1.807) is 26.4 Å². The Labute approximate surface area is 173 Å². The molecule has 0 amide bonds. The van der Waals surface area contributed by atoms with Crippen molar-refractivity contribution in [1.82, 2.24) is 10.2 Å². The van der Waals surface area contributed by atoms with Gasteiger partial charge in [-0.1, -0.05) is 23.8 Å². The lowest BCUT2D eigenvalue weighted by Crippen LogP contribution is -2.32. The van der Waals surface area contributed by atoms with Crippen LogP contribution in [0.15, 0.2) is 48.0 Å².